The van der Waals surface area contributed by atoms with E-state index >= 15 is 0 Å². The molecule has 3 unspecified atom stereocenters. The highest BCUT2D eigenvalue weighted by Crippen LogP contribution is 2.24. The van der Waals surface area contributed by atoms with Crippen LogP contribution in [-0.4, -0.2) is 43.8 Å². The van der Waals surface area contributed by atoms with Crippen LogP contribution in [0.2, 0.25) is 0 Å². The number of ether oxygens (including phenoxy) is 1. The number of nitrogens with zero attached hydrogens (tertiary/aromatic N) is 1. The summed E-state index contributed by atoms with van der Waals surface area (Å²) in [5.41, 5.74) is 6.10. The molecule has 2 N–H and O–H groups in total. The molecule has 0 aromatic rings. The summed E-state index contributed by atoms with van der Waals surface area (Å²) in [7, 11) is 2.21. The monoisotopic (exact) mass is 226 g/mol. The molecule has 1 heterocycles. The van der Waals surface area contributed by atoms with Gasteiger partial charge in [-0.25, -0.2) is 0 Å². The summed E-state index contributed by atoms with van der Waals surface area (Å²) in [5, 5.41) is 0. The number of hydrogen-bond acceptors (Lipinski definition) is 3. The molecular weight excluding hydrogens is 200 g/mol. The molecule has 16 heavy (non-hydrogen) atoms. The Hall–Kier alpha value is -0.120. The molecule has 3 nitrogen and oxygen atoms in total. The van der Waals surface area contributed by atoms with Gasteiger partial charge in [0.15, 0.2) is 0 Å². The number of rotatable bonds is 4. The summed E-state index contributed by atoms with van der Waals surface area (Å²) in [6.07, 6.45) is 8.14. The van der Waals surface area contributed by atoms with E-state index in [2.05, 4.69) is 11.9 Å². The van der Waals surface area contributed by atoms with E-state index in [1.807, 2.05) is 0 Å². The first kappa shape index (κ1) is 12.3. The first-order chi connectivity index (χ1) is 7.75. The Morgan fingerprint density at radius 2 is 2.00 bits per heavy atom. The lowest BCUT2D eigenvalue weighted by molar-refractivity contribution is -0.00361. The molecule has 2 fully saturated rings. The first-order valence-corrected chi connectivity index (χ1v) is 6.81. The number of nitrogens with two attached hydrogens (primary N) is 1. The normalized spacial score (nSPS) is 35.8. The van der Waals surface area contributed by atoms with Crippen molar-refractivity contribution >= 4 is 0 Å². The van der Waals surface area contributed by atoms with Gasteiger partial charge in [-0.15, -0.1) is 0 Å². The van der Waals surface area contributed by atoms with E-state index in [1.54, 1.807) is 0 Å². The van der Waals surface area contributed by atoms with Crippen LogP contribution in [-0.2, 0) is 4.74 Å². The van der Waals surface area contributed by atoms with Crippen molar-refractivity contribution in [3.63, 3.8) is 0 Å². The molecule has 94 valence electrons. The van der Waals surface area contributed by atoms with E-state index in [9.17, 15) is 0 Å². The fourth-order valence-electron chi connectivity index (χ4n) is 3.07. The van der Waals surface area contributed by atoms with Crippen molar-refractivity contribution in [2.24, 2.45) is 11.7 Å². The Bertz CT molecular complexity index is 204. The second kappa shape index (κ2) is 5.99. The summed E-state index contributed by atoms with van der Waals surface area (Å²) in [5.74, 6) is 0.716. The van der Waals surface area contributed by atoms with Crippen molar-refractivity contribution < 1.29 is 4.74 Å². The van der Waals surface area contributed by atoms with Gasteiger partial charge in [0.05, 0.1) is 6.10 Å². The Balaban J connectivity index is 1.68. The van der Waals surface area contributed by atoms with E-state index in [-0.39, 0.29) is 0 Å². The van der Waals surface area contributed by atoms with Crippen LogP contribution < -0.4 is 5.73 Å². The van der Waals surface area contributed by atoms with Crippen LogP contribution in [0.4, 0.5) is 0 Å². The number of likely N-dealkylation sites (N-methyl/N-ethyl adjacent to an activating group) is 1. The minimum atomic E-state index is 0.440. The van der Waals surface area contributed by atoms with Crippen molar-refractivity contribution in [3.8, 4) is 0 Å². The maximum absolute atomic E-state index is 6.10. The van der Waals surface area contributed by atoms with Gasteiger partial charge >= 0.3 is 0 Å². The van der Waals surface area contributed by atoms with Crippen molar-refractivity contribution in [1.29, 1.82) is 0 Å². The van der Waals surface area contributed by atoms with Gasteiger partial charge in [-0.1, -0.05) is 6.42 Å². The summed E-state index contributed by atoms with van der Waals surface area (Å²) in [6, 6.07) is 0.440. The van der Waals surface area contributed by atoms with Crippen LogP contribution in [0.15, 0.2) is 0 Å². The Labute approximate surface area is 99.3 Å². The molecule has 0 aromatic heterocycles. The average molecular weight is 226 g/mol. The Morgan fingerprint density at radius 3 is 2.62 bits per heavy atom. The van der Waals surface area contributed by atoms with E-state index in [4.69, 9.17) is 10.5 Å². The topological polar surface area (TPSA) is 38.5 Å². The fourth-order valence-corrected chi connectivity index (χ4v) is 3.07. The third kappa shape index (κ3) is 3.44. The maximum Gasteiger partial charge on any atom is 0.0701 e. The molecule has 2 aliphatic rings. The summed E-state index contributed by atoms with van der Waals surface area (Å²) >= 11 is 0. The SMILES string of the molecule is CN(CC1CCCCO1)CC1CCCC1N. The zero-order valence-corrected chi connectivity index (χ0v) is 10.5. The van der Waals surface area contributed by atoms with Crippen LogP contribution in [0.3, 0.4) is 0 Å². The second-order valence-electron chi connectivity index (χ2n) is 5.56. The van der Waals surface area contributed by atoms with Crippen molar-refractivity contribution in [2.75, 3.05) is 26.7 Å². The highest BCUT2D eigenvalue weighted by molar-refractivity contribution is 4.82. The molecule has 0 amide bonds. The summed E-state index contributed by atoms with van der Waals surface area (Å²) in [6.45, 7) is 3.20. The number of hydrogen-bond donors (Lipinski definition) is 1. The van der Waals surface area contributed by atoms with Crippen LogP contribution in [0, 0.1) is 5.92 Å². The average Bonchev–Trinajstić information content (AvgIpc) is 2.66. The Morgan fingerprint density at radius 1 is 1.12 bits per heavy atom. The van der Waals surface area contributed by atoms with Gasteiger partial charge in [-0.2, -0.15) is 0 Å². The smallest absolute Gasteiger partial charge is 0.0701 e. The minimum absolute atomic E-state index is 0.440. The zero-order chi connectivity index (χ0) is 11.4. The van der Waals surface area contributed by atoms with Gasteiger partial charge in [0.2, 0.25) is 0 Å². The van der Waals surface area contributed by atoms with E-state index in [0.717, 1.165) is 19.7 Å². The van der Waals surface area contributed by atoms with Crippen molar-refractivity contribution in [2.45, 2.75) is 50.7 Å². The summed E-state index contributed by atoms with van der Waals surface area (Å²) in [4.78, 5) is 2.42. The molecule has 2 rings (SSSR count). The van der Waals surface area contributed by atoms with Gasteiger partial charge in [0.1, 0.15) is 0 Å². The van der Waals surface area contributed by atoms with Gasteiger partial charge in [-0.3, -0.25) is 0 Å². The standard InChI is InChI=1S/C13H26N2O/c1-15(9-11-5-4-7-13(11)14)10-12-6-2-3-8-16-12/h11-13H,2-10,14H2,1H3. The minimum Gasteiger partial charge on any atom is -0.377 e. The molecule has 1 aliphatic carbocycles. The van der Waals surface area contributed by atoms with Crippen LogP contribution in [0.5, 0.6) is 0 Å². The van der Waals surface area contributed by atoms with Gasteiger partial charge in [-0.05, 0) is 45.1 Å². The highest BCUT2D eigenvalue weighted by Gasteiger charge is 2.25. The molecule has 0 radical (unpaired) electrons. The molecule has 0 aromatic carbocycles. The van der Waals surface area contributed by atoms with E-state index in [1.165, 1.54) is 38.5 Å². The molecular formula is C13H26N2O. The lowest BCUT2D eigenvalue weighted by Crippen LogP contribution is -2.39. The maximum atomic E-state index is 6.10. The first-order valence-electron chi connectivity index (χ1n) is 6.81. The predicted molar refractivity (Wildman–Crippen MR) is 66.4 cm³/mol. The van der Waals surface area contributed by atoms with Crippen molar-refractivity contribution in [1.82, 2.24) is 4.90 Å². The van der Waals surface area contributed by atoms with Crippen LogP contribution >= 0.6 is 0 Å². The molecule has 3 atom stereocenters. The lowest BCUT2D eigenvalue weighted by atomic mass is 10.0. The zero-order valence-electron chi connectivity index (χ0n) is 10.5. The molecule has 1 saturated carbocycles. The molecule has 3 heteroatoms. The lowest BCUT2D eigenvalue weighted by Gasteiger charge is -2.29. The van der Waals surface area contributed by atoms with Gasteiger partial charge < -0.3 is 15.4 Å². The summed E-state index contributed by atoms with van der Waals surface area (Å²) < 4.78 is 5.77. The third-order valence-corrected chi connectivity index (χ3v) is 4.05. The van der Waals surface area contributed by atoms with E-state index in [0.29, 0.717) is 18.1 Å². The molecule has 1 saturated heterocycles. The molecule has 1 aliphatic heterocycles. The fraction of sp³-hybridized carbons (Fsp3) is 1.00. The van der Waals surface area contributed by atoms with Crippen molar-refractivity contribution in [3.05, 3.63) is 0 Å². The Kier molecular flexibility index (Phi) is 4.62. The second-order valence-corrected chi connectivity index (χ2v) is 5.56. The van der Waals surface area contributed by atoms with Gasteiger partial charge in [0, 0.05) is 25.7 Å². The highest BCUT2D eigenvalue weighted by atomic mass is 16.5. The van der Waals surface area contributed by atoms with Crippen LogP contribution in [0.1, 0.15) is 38.5 Å². The van der Waals surface area contributed by atoms with E-state index < -0.39 is 0 Å². The molecule has 0 spiro atoms. The molecule has 0 bridgehead atoms. The third-order valence-electron chi connectivity index (χ3n) is 4.05. The predicted octanol–water partition coefficient (Wildman–Crippen LogP) is 1.61. The largest absolute Gasteiger partial charge is 0.377 e. The quantitative estimate of drug-likeness (QED) is 0.791. The van der Waals surface area contributed by atoms with Gasteiger partial charge in [0.25, 0.3) is 0 Å². The van der Waals surface area contributed by atoms with Crippen LogP contribution in [0.25, 0.3) is 0 Å².